The second-order valence-corrected chi connectivity index (χ2v) is 4.53. The molecule has 2 amide bonds. The van der Waals surface area contributed by atoms with Crippen molar-refractivity contribution in [3.05, 3.63) is 24.3 Å². The number of ether oxygens (including phenoxy) is 2. The lowest BCUT2D eigenvalue weighted by Gasteiger charge is -2.37. The topological polar surface area (TPSA) is 67.9 Å². The lowest BCUT2D eigenvalue weighted by atomic mass is 10.2. The van der Waals surface area contributed by atoms with Crippen LogP contribution in [-0.2, 0) is 9.59 Å². The van der Waals surface area contributed by atoms with Crippen molar-refractivity contribution >= 4 is 11.8 Å². The number of piperazine rings is 1. The van der Waals surface area contributed by atoms with Crippen molar-refractivity contribution in [2.24, 2.45) is 0 Å². The minimum atomic E-state index is -0.695. The van der Waals surface area contributed by atoms with Crippen LogP contribution in [0.3, 0.4) is 0 Å². The Labute approximate surface area is 110 Å². The molecule has 19 heavy (non-hydrogen) atoms. The maximum Gasteiger partial charge on any atom is 0.249 e. The van der Waals surface area contributed by atoms with Crippen LogP contribution in [-0.4, -0.2) is 42.1 Å². The number of nitrogens with zero attached hydrogens (tertiary/aromatic N) is 1. The molecular weight excluding hydrogens is 248 g/mol. The molecule has 0 aliphatic carbocycles. The van der Waals surface area contributed by atoms with Crippen molar-refractivity contribution in [2.75, 3.05) is 13.2 Å². The summed E-state index contributed by atoms with van der Waals surface area (Å²) < 4.78 is 11.2. The first kappa shape index (κ1) is 12.0. The highest BCUT2D eigenvalue weighted by Crippen LogP contribution is 2.32. The van der Waals surface area contributed by atoms with Gasteiger partial charge in [-0.1, -0.05) is 12.1 Å². The fourth-order valence-electron chi connectivity index (χ4n) is 2.18. The van der Waals surface area contributed by atoms with E-state index in [1.54, 1.807) is 19.1 Å². The maximum atomic E-state index is 12.1. The van der Waals surface area contributed by atoms with Crippen LogP contribution in [0.25, 0.3) is 0 Å². The third-order valence-electron chi connectivity index (χ3n) is 3.22. The SMILES string of the molecule is CC1NCC(=O)N(C2COc3ccccc3O2)C1=O. The molecule has 0 radical (unpaired) electrons. The molecule has 2 aliphatic rings. The van der Waals surface area contributed by atoms with Gasteiger partial charge in [-0.25, -0.2) is 4.90 Å². The fourth-order valence-corrected chi connectivity index (χ4v) is 2.18. The van der Waals surface area contributed by atoms with Crippen LogP contribution < -0.4 is 14.8 Å². The monoisotopic (exact) mass is 262 g/mol. The Bertz CT molecular complexity index is 531. The summed E-state index contributed by atoms with van der Waals surface area (Å²) in [6, 6.07) is 6.80. The zero-order valence-electron chi connectivity index (χ0n) is 10.5. The zero-order valence-corrected chi connectivity index (χ0v) is 10.5. The van der Waals surface area contributed by atoms with Gasteiger partial charge in [0.25, 0.3) is 0 Å². The van der Waals surface area contributed by atoms with E-state index in [2.05, 4.69) is 5.32 Å². The van der Waals surface area contributed by atoms with Gasteiger partial charge in [-0.05, 0) is 19.1 Å². The number of rotatable bonds is 1. The summed E-state index contributed by atoms with van der Waals surface area (Å²) >= 11 is 0. The third kappa shape index (κ3) is 2.04. The van der Waals surface area contributed by atoms with Crippen molar-refractivity contribution in [1.82, 2.24) is 10.2 Å². The predicted molar refractivity (Wildman–Crippen MR) is 65.7 cm³/mol. The van der Waals surface area contributed by atoms with Gasteiger partial charge >= 0.3 is 0 Å². The smallest absolute Gasteiger partial charge is 0.249 e. The summed E-state index contributed by atoms with van der Waals surface area (Å²) in [7, 11) is 0. The van der Waals surface area contributed by atoms with E-state index in [-0.39, 0.29) is 25.0 Å². The van der Waals surface area contributed by atoms with Crippen molar-refractivity contribution < 1.29 is 19.1 Å². The molecule has 3 rings (SSSR count). The van der Waals surface area contributed by atoms with Crippen LogP contribution in [0.1, 0.15) is 6.92 Å². The summed E-state index contributed by atoms with van der Waals surface area (Å²) in [5.74, 6) is 0.590. The zero-order chi connectivity index (χ0) is 13.4. The summed E-state index contributed by atoms with van der Waals surface area (Å²) in [4.78, 5) is 25.1. The normalized spacial score (nSPS) is 26.5. The number of para-hydroxylation sites is 2. The average molecular weight is 262 g/mol. The van der Waals surface area contributed by atoms with Crippen LogP contribution in [0, 0.1) is 0 Å². The van der Waals surface area contributed by atoms with Gasteiger partial charge in [-0.2, -0.15) is 0 Å². The molecule has 0 aromatic heterocycles. The van der Waals surface area contributed by atoms with Crippen LogP contribution in [0.2, 0.25) is 0 Å². The van der Waals surface area contributed by atoms with E-state index in [4.69, 9.17) is 9.47 Å². The number of carbonyl (C=O) groups is 2. The van der Waals surface area contributed by atoms with Crippen molar-refractivity contribution in [3.8, 4) is 11.5 Å². The maximum absolute atomic E-state index is 12.1. The van der Waals surface area contributed by atoms with Gasteiger partial charge in [-0.3, -0.25) is 14.9 Å². The van der Waals surface area contributed by atoms with E-state index < -0.39 is 12.3 Å². The van der Waals surface area contributed by atoms with Crippen molar-refractivity contribution in [1.29, 1.82) is 0 Å². The molecule has 1 aromatic rings. The first-order valence-electron chi connectivity index (χ1n) is 6.14. The van der Waals surface area contributed by atoms with Crippen LogP contribution in [0.5, 0.6) is 11.5 Å². The lowest BCUT2D eigenvalue weighted by Crippen LogP contribution is -2.62. The lowest BCUT2D eigenvalue weighted by molar-refractivity contribution is -0.161. The Morgan fingerprint density at radius 2 is 2.00 bits per heavy atom. The highest BCUT2D eigenvalue weighted by Gasteiger charge is 2.39. The molecule has 100 valence electrons. The molecule has 1 N–H and O–H groups in total. The molecule has 2 unspecified atom stereocenters. The molecule has 2 atom stereocenters. The third-order valence-corrected chi connectivity index (χ3v) is 3.22. The minimum Gasteiger partial charge on any atom is -0.484 e. The molecule has 6 nitrogen and oxygen atoms in total. The minimum absolute atomic E-state index is 0.133. The summed E-state index contributed by atoms with van der Waals surface area (Å²) in [5.41, 5.74) is 0. The Kier molecular flexibility index (Phi) is 2.87. The van der Waals surface area contributed by atoms with Gasteiger partial charge in [0, 0.05) is 0 Å². The summed E-state index contributed by atoms with van der Waals surface area (Å²) in [5, 5.41) is 2.83. The van der Waals surface area contributed by atoms with Gasteiger partial charge in [0.05, 0.1) is 12.6 Å². The highest BCUT2D eigenvalue weighted by molar-refractivity contribution is 6.01. The molecule has 2 heterocycles. The first-order chi connectivity index (χ1) is 9.16. The number of nitrogens with one attached hydrogen (secondary N) is 1. The molecule has 1 aromatic carbocycles. The average Bonchev–Trinajstić information content (AvgIpc) is 2.43. The van der Waals surface area contributed by atoms with Gasteiger partial charge in [-0.15, -0.1) is 0 Å². The largest absolute Gasteiger partial charge is 0.484 e. The Morgan fingerprint density at radius 3 is 2.79 bits per heavy atom. The molecule has 2 aliphatic heterocycles. The van der Waals surface area contributed by atoms with Gasteiger partial charge in [0.2, 0.25) is 18.0 Å². The van der Waals surface area contributed by atoms with E-state index in [0.29, 0.717) is 11.5 Å². The molecule has 6 heteroatoms. The van der Waals surface area contributed by atoms with E-state index >= 15 is 0 Å². The number of amides is 2. The number of fused-ring (bicyclic) bond motifs is 1. The number of carbonyl (C=O) groups excluding carboxylic acids is 2. The molecule has 0 saturated carbocycles. The Balaban J connectivity index is 1.84. The van der Waals surface area contributed by atoms with Gasteiger partial charge in [0.1, 0.15) is 6.61 Å². The number of imide groups is 1. The quantitative estimate of drug-likeness (QED) is 0.729. The molecule has 0 bridgehead atoms. The highest BCUT2D eigenvalue weighted by atomic mass is 16.6. The summed E-state index contributed by atoms with van der Waals surface area (Å²) in [6.07, 6.45) is -0.695. The van der Waals surface area contributed by atoms with E-state index in [9.17, 15) is 9.59 Å². The van der Waals surface area contributed by atoms with Crippen LogP contribution in [0.4, 0.5) is 0 Å². The Morgan fingerprint density at radius 1 is 1.26 bits per heavy atom. The van der Waals surface area contributed by atoms with Crippen LogP contribution >= 0.6 is 0 Å². The molecular formula is C13H14N2O4. The number of hydrogen-bond acceptors (Lipinski definition) is 5. The second kappa shape index (κ2) is 4.55. The first-order valence-corrected chi connectivity index (χ1v) is 6.14. The van der Waals surface area contributed by atoms with Crippen molar-refractivity contribution in [2.45, 2.75) is 19.2 Å². The van der Waals surface area contributed by atoms with Gasteiger partial charge in [0.15, 0.2) is 11.5 Å². The molecule has 1 saturated heterocycles. The summed E-state index contributed by atoms with van der Waals surface area (Å²) in [6.45, 7) is 2.01. The molecule has 0 spiro atoms. The van der Waals surface area contributed by atoms with Gasteiger partial charge < -0.3 is 9.47 Å². The number of benzene rings is 1. The second-order valence-electron chi connectivity index (χ2n) is 4.53. The van der Waals surface area contributed by atoms with E-state index in [1.165, 1.54) is 0 Å². The van der Waals surface area contributed by atoms with E-state index in [1.807, 2.05) is 12.1 Å². The number of hydrogen-bond donors (Lipinski definition) is 1. The Hall–Kier alpha value is -2.08. The van der Waals surface area contributed by atoms with E-state index in [0.717, 1.165) is 4.90 Å². The fraction of sp³-hybridized carbons (Fsp3) is 0.385. The van der Waals surface area contributed by atoms with Crippen LogP contribution in [0.15, 0.2) is 24.3 Å². The standard InChI is InChI=1S/C13H14N2O4/c1-8-13(17)15(11(16)6-14-8)12-7-18-9-4-2-3-5-10(9)19-12/h2-5,8,12,14H,6-7H2,1H3. The predicted octanol–water partition coefficient (Wildman–Crippen LogP) is 0.131. The molecule has 1 fully saturated rings. The van der Waals surface area contributed by atoms with Crippen molar-refractivity contribution in [3.63, 3.8) is 0 Å².